The zero-order chi connectivity index (χ0) is 18.6. The molecular weight excluding hydrogens is 390 g/mol. The number of aromatic nitrogens is 1. The average Bonchev–Trinajstić information content (AvgIpc) is 3.28. The SMILES string of the molecule is CN(CC(=O)NCCCc1nc2c(s1)CCCC2)S(=O)(=O)c1cccs1. The molecule has 1 aliphatic carbocycles. The van der Waals surface area contributed by atoms with Crippen LogP contribution < -0.4 is 5.32 Å². The summed E-state index contributed by atoms with van der Waals surface area (Å²) in [5, 5.41) is 5.65. The van der Waals surface area contributed by atoms with Crippen molar-refractivity contribution in [1.29, 1.82) is 0 Å². The summed E-state index contributed by atoms with van der Waals surface area (Å²) in [4.78, 5) is 18.1. The number of fused-ring (bicyclic) bond motifs is 1. The van der Waals surface area contributed by atoms with Crippen molar-refractivity contribution >= 4 is 38.6 Å². The fourth-order valence-corrected chi connectivity index (χ4v) is 6.41. The van der Waals surface area contributed by atoms with Crippen LogP contribution in [0.1, 0.15) is 34.8 Å². The van der Waals surface area contributed by atoms with E-state index < -0.39 is 10.0 Å². The molecule has 0 spiro atoms. The minimum Gasteiger partial charge on any atom is -0.355 e. The minimum absolute atomic E-state index is 0.175. The van der Waals surface area contributed by atoms with Crippen molar-refractivity contribution in [3.63, 3.8) is 0 Å². The molecule has 142 valence electrons. The van der Waals surface area contributed by atoms with E-state index in [-0.39, 0.29) is 16.7 Å². The Hall–Kier alpha value is -1.29. The Morgan fingerprint density at radius 2 is 2.15 bits per heavy atom. The maximum absolute atomic E-state index is 12.3. The van der Waals surface area contributed by atoms with E-state index in [1.807, 2.05) is 0 Å². The number of aryl methyl sites for hydroxylation is 3. The van der Waals surface area contributed by atoms with Crippen LogP contribution in [0.3, 0.4) is 0 Å². The van der Waals surface area contributed by atoms with Crippen LogP contribution in [0.2, 0.25) is 0 Å². The normalized spacial score (nSPS) is 14.4. The van der Waals surface area contributed by atoms with Crippen molar-refractivity contribution in [2.45, 2.75) is 42.7 Å². The lowest BCUT2D eigenvalue weighted by atomic mass is 10.0. The van der Waals surface area contributed by atoms with Gasteiger partial charge in [-0.2, -0.15) is 4.31 Å². The van der Waals surface area contributed by atoms with Gasteiger partial charge in [0.15, 0.2) is 0 Å². The Morgan fingerprint density at radius 1 is 1.35 bits per heavy atom. The van der Waals surface area contributed by atoms with Crippen LogP contribution in [0.4, 0.5) is 0 Å². The lowest BCUT2D eigenvalue weighted by molar-refractivity contribution is -0.121. The summed E-state index contributed by atoms with van der Waals surface area (Å²) < 4.78 is 25.9. The average molecular weight is 414 g/mol. The molecule has 9 heteroatoms. The first-order valence-electron chi connectivity index (χ1n) is 8.71. The van der Waals surface area contributed by atoms with Gasteiger partial charge < -0.3 is 5.32 Å². The van der Waals surface area contributed by atoms with E-state index in [0.29, 0.717) is 6.54 Å². The van der Waals surface area contributed by atoms with E-state index >= 15 is 0 Å². The first-order valence-corrected chi connectivity index (χ1v) is 11.8. The summed E-state index contributed by atoms with van der Waals surface area (Å²) in [7, 11) is -2.16. The summed E-state index contributed by atoms with van der Waals surface area (Å²) in [6, 6.07) is 3.23. The molecule has 2 aromatic rings. The molecule has 0 atom stereocenters. The number of sulfonamides is 1. The monoisotopic (exact) mass is 413 g/mol. The first kappa shape index (κ1) is 19.5. The van der Waals surface area contributed by atoms with Gasteiger partial charge in [-0.3, -0.25) is 4.79 Å². The number of nitrogens with zero attached hydrogens (tertiary/aromatic N) is 2. The third-order valence-corrected chi connectivity index (χ3v) is 8.70. The number of nitrogens with one attached hydrogen (secondary N) is 1. The Morgan fingerprint density at radius 3 is 2.88 bits per heavy atom. The van der Waals surface area contributed by atoms with E-state index in [2.05, 4.69) is 5.32 Å². The van der Waals surface area contributed by atoms with Crippen molar-refractivity contribution in [2.75, 3.05) is 20.1 Å². The highest BCUT2D eigenvalue weighted by Crippen LogP contribution is 2.27. The predicted molar refractivity (Wildman–Crippen MR) is 104 cm³/mol. The lowest BCUT2D eigenvalue weighted by Gasteiger charge is -2.15. The molecule has 1 N–H and O–H groups in total. The van der Waals surface area contributed by atoms with Crippen molar-refractivity contribution in [2.24, 2.45) is 0 Å². The van der Waals surface area contributed by atoms with Gasteiger partial charge in [0.1, 0.15) is 4.21 Å². The summed E-state index contributed by atoms with van der Waals surface area (Å²) in [5.74, 6) is -0.286. The van der Waals surface area contributed by atoms with E-state index in [4.69, 9.17) is 4.98 Å². The molecule has 0 aromatic carbocycles. The standard InChI is InChI=1S/C17H23N3O3S3/c1-20(26(22,23)17-9-5-11-24-17)12-15(21)18-10-4-8-16-19-13-6-2-3-7-14(13)25-16/h5,9,11H,2-4,6-8,10,12H2,1H3,(H,18,21). The molecule has 0 radical (unpaired) electrons. The van der Waals surface area contributed by atoms with E-state index in [9.17, 15) is 13.2 Å². The summed E-state index contributed by atoms with van der Waals surface area (Å²) in [6.07, 6.45) is 6.38. The number of hydrogen-bond donors (Lipinski definition) is 1. The minimum atomic E-state index is -3.58. The highest BCUT2D eigenvalue weighted by Gasteiger charge is 2.23. The maximum atomic E-state index is 12.3. The third kappa shape index (κ3) is 4.70. The topological polar surface area (TPSA) is 79.4 Å². The zero-order valence-electron chi connectivity index (χ0n) is 14.7. The molecule has 0 unspecified atom stereocenters. The smallest absolute Gasteiger partial charge is 0.252 e. The predicted octanol–water partition coefficient (Wildman–Crippen LogP) is 2.45. The molecule has 0 saturated heterocycles. The lowest BCUT2D eigenvalue weighted by Crippen LogP contribution is -2.38. The Balaban J connectivity index is 1.41. The highest BCUT2D eigenvalue weighted by molar-refractivity contribution is 7.91. The van der Waals surface area contributed by atoms with Gasteiger partial charge in [0.25, 0.3) is 10.0 Å². The van der Waals surface area contributed by atoms with Gasteiger partial charge in [0.2, 0.25) is 5.91 Å². The number of carbonyl (C=O) groups is 1. The fourth-order valence-electron chi connectivity index (χ4n) is 2.89. The van der Waals surface area contributed by atoms with E-state index in [0.717, 1.165) is 46.3 Å². The van der Waals surface area contributed by atoms with Crippen molar-refractivity contribution in [3.8, 4) is 0 Å². The van der Waals surface area contributed by atoms with E-state index in [1.165, 1.54) is 30.5 Å². The van der Waals surface area contributed by atoms with Crippen molar-refractivity contribution in [3.05, 3.63) is 33.1 Å². The largest absolute Gasteiger partial charge is 0.355 e. The van der Waals surface area contributed by atoms with Crippen LogP contribution in [0.5, 0.6) is 0 Å². The third-order valence-electron chi connectivity index (χ3n) is 4.31. The van der Waals surface area contributed by atoms with Gasteiger partial charge in [-0.1, -0.05) is 6.07 Å². The van der Waals surface area contributed by atoms with Crippen molar-refractivity contribution in [1.82, 2.24) is 14.6 Å². The number of thiophene rings is 1. The molecule has 2 aromatic heterocycles. The van der Waals surface area contributed by atoms with Gasteiger partial charge >= 0.3 is 0 Å². The second-order valence-corrected chi connectivity index (χ2v) is 10.7. The van der Waals surface area contributed by atoms with E-state index in [1.54, 1.807) is 28.8 Å². The second-order valence-electron chi connectivity index (χ2n) is 6.33. The van der Waals surface area contributed by atoms with Gasteiger partial charge in [-0.05, 0) is 43.6 Å². The van der Waals surface area contributed by atoms with Gasteiger partial charge in [-0.25, -0.2) is 13.4 Å². The Labute approximate surface area is 162 Å². The Bertz CT molecular complexity index is 820. The number of carbonyl (C=O) groups excluding carboxylic acids is 1. The molecule has 1 amide bonds. The summed E-state index contributed by atoms with van der Waals surface area (Å²) in [5.41, 5.74) is 1.26. The zero-order valence-corrected chi connectivity index (χ0v) is 17.2. The number of thiazole rings is 1. The Kier molecular flexibility index (Phi) is 6.44. The summed E-state index contributed by atoms with van der Waals surface area (Å²) >= 11 is 2.94. The molecule has 0 aliphatic heterocycles. The maximum Gasteiger partial charge on any atom is 0.252 e. The molecule has 26 heavy (non-hydrogen) atoms. The van der Waals surface area contributed by atoms with Crippen LogP contribution in [-0.2, 0) is 34.1 Å². The second kappa shape index (κ2) is 8.60. The van der Waals surface area contributed by atoms with Crippen LogP contribution >= 0.6 is 22.7 Å². The van der Waals surface area contributed by atoms with Crippen LogP contribution in [0, 0.1) is 0 Å². The molecule has 0 fully saturated rings. The highest BCUT2D eigenvalue weighted by atomic mass is 32.2. The molecule has 6 nitrogen and oxygen atoms in total. The first-order chi connectivity index (χ1) is 12.5. The fraction of sp³-hybridized carbons (Fsp3) is 0.529. The molecule has 0 saturated carbocycles. The van der Waals surface area contributed by atoms with Crippen LogP contribution in [-0.4, -0.2) is 43.8 Å². The molecule has 0 bridgehead atoms. The van der Waals surface area contributed by atoms with Crippen LogP contribution in [0.25, 0.3) is 0 Å². The molecular formula is C17H23N3O3S3. The van der Waals surface area contributed by atoms with Gasteiger partial charge in [0.05, 0.1) is 17.2 Å². The quantitative estimate of drug-likeness (QED) is 0.674. The van der Waals surface area contributed by atoms with Crippen LogP contribution in [0.15, 0.2) is 21.7 Å². The number of amides is 1. The number of rotatable bonds is 8. The summed E-state index contributed by atoms with van der Waals surface area (Å²) in [6.45, 7) is 0.349. The molecule has 3 rings (SSSR count). The van der Waals surface area contributed by atoms with Crippen molar-refractivity contribution < 1.29 is 13.2 Å². The van der Waals surface area contributed by atoms with Gasteiger partial charge in [-0.15, -0.1) is 22.7 Å². The molecule has 2 heterocycles. The number of hydrogen-bond acceptors (Lipinski definition) is 6. The van der Waals surface area contributed by atoms with Gasteiger partial charge in [0, 0.05) is 24.9 Å². The number of likely N-dealkylation sites (N-methyl/N-ethyl adjacent to an activating group) is 1. The molecule has 1 aliphatic rings.